The van der Waals surface area contributed by atoms with Gasteiger partial charge in [-0.25, -0.2) is 0 Å². The van der Waals surface area contributed by atoms with Crippen molar-refractivity contribution in [2.45, 2.75) is 20.8 Å². The molecule has 2 aromatic rings. The highest BCUT2D eigenvalue weighted by atomic mass is 127. The van der Waals surface area contributed by atoms with Crippen LogP contribution in [-0.4, -0.2) is 5.91 Å². The van der Waals surface area contributed by atoms with Gasteiger partial charge >= 0.3 is 0 Å². The summed E-state index contributed by atoms with van der Waals surface area (Å²) < 4.78 is 1.17. The average molecular weight is 365 g/mol. The highest BCUT2D eigenvalue weighted by Gasteiger charge is 2.10. The van der Waals surface area contributed by atoms with Gasteiger partial charge in [0, 0.05) is 14.8 Å². The Hall–Kier alpha value is -1.36. The summed E-state index contributed by atoms with van der Waals surface area (Å²) in [5.74, 6) is -0.0505. The van der Waals surface area contributed by atoms with Crippen LogP contribution in [0.15, 0.2) is 36.4 Å². The van der Waals surface area contributed by atoms with Crippen LogP contribution in [0.2, 0.25) is 0 Å². The van der Waals surface area contributed by atoms with Crippen molar-refractivity contribution >= 4 is 34.2 Å². The minimum absolute atomic E-state index is 0.0505. The first kappa shape index (κ1) is 14.1. The number of aryl methyl sites for hydroxylation is 3. The summed E-state index contributed by atoms with van der Waals surface area (Å²) in [6.45, 7) is 5.95. The van der Waals surface area contributed by atoms with Crippen molar-refractivity contribution in [3.8, 4) is 0 Å². The van der Waals surface area contributed by atoms with Crippen molar-refractivity contribution < 1.29 is 4.79 Å². The molecule has 0 atom stereocenters. The number of anilines is 1. The maximum atomic E-state index is 12.3. The SMILES string of the molecule is Cc1ccc(C)c(C(=O)Nc2ccc(I)cc2C)c1. The van der Waals surface area contributed by atoms with E-state index >= 15 is 0 Å². The zero-order valence-corrected chi connectivity index (χ0v) is 13.4. The van der Waals surface area contributed by atoms with E-state index in [9.17, 15) is 4.79 Å². The highest BCUT2D eigenvalue weighted by Crippen LogP contribution is 2.19. The van der Waals surface area contributed by atoms with Gasteiger partial charge in [0.05, 0.1) is 0 Å². The number of benzene rings is 2. The lowest BCUT2D eigenvalue weighted by Crippen LogP contribution is -2.14. The van der Waals surface area contributed by atoms with Crippen LogP contribution in [0, 0.1) is 24.3 Å². The van der Waals surface area contributed by atoms with Gasteiger partial charge in [-0.15, -0.1) is 0 Å². The number of carbonyl (C=O) groups is 1. The first-order valence-corrected chi connectivity index (χ1v) is 7.20. The summed E-state index contributed by atoms with van der Waals surface area (Å²) in [7, 11) is 0. The molecule has 0 bridgehead atoms. The van der Waals surface area contributed by atoms with Crippen LogP contribution in [0.4, 0.5) is 5.69 Å². The molecule has 1 amide bonds. The largest absolute Gasteiger partial charge is 0.322 e. The molecule has 0 aliphatic heterocycles. The molecule has 1 N–H and O–H groups in total. The normalized spacial score (nSPS) is 10.3. The van der Waals surface area contributed by atoms with E-state index in [-0.39, 0.29) is 5.91 Å². The Morgan fingerprint density at radius 3 is 2.42 bits per heavy atom. The first-order valence-electron chi connectivity index (χ1n) is 6.12. The second-order valence-corrected chi connectivity index (χ2v) is 5.98. The maximum Gasteiger partial charge on any atom is 0.255 e. The highest BCUT2D eigenvalue weighted by molar-refractivity contribution is 14.1. The zero-order chi connectivity index (χ0) is 14.0. The lowest BCUT2D eigenvalue weighted by Gasteiger charge is -2.11. The molecule has 19 heavy (non-hydrogen) atoms. The number of nitrogens with one attached hydrogen (secondary N) is 1. The van der Waals surface area contributed by atoms with E-state index in [2.05, 4.69) is 34.0 Å². The van der Waals surface area contributed by atoms with E-state index in [1.54, 1.807) is 0 Å². The summed E-state index contributed by atoms with van der Waals surface area (Å²) in [6.07, 6.45) is 0. The van der Waals surface area contributed by atoms with E-state index in [0.717, 1.165) is 27.9 Å². The maximum absolute atomic E-state index is 12.3. The Kier molecular flexibility index (Phi) is 4.24. The van der Waals surface area contributed by atoms with E-state index in [0.29, 0.717) is 0 Å². The summed E-state index contributed by atoms with van der Waals surface area (Å²) >= 11 is 2.26. The van der Waals surface area contributed by atoms with Crippen molar-refractivity contribution in [2.75, 3.05) is 5.32 Å². The molecule has 0 radical (unpaired) electrons. The average Bonchev–Trinajstić information content (AvgIpc) is 2.35. The molecular formula is C16H16INO. The van der Waals surface area contributed by atoms with Crippen LogP contribution >= 0.6 is 22.6 Å². The molecule has 0 aromatic heterocycles. The standard InChI is InChI=1S/C16H16INO/c1-10-4-5-11(2)14(8-10)16(19)18-15-7-6-13(17)9-12(15)3/h4-9H,1-3H3,(H,18,19). The van der Waals surface area contributed by atoms with E-state index in [1.807, 2.05) is 51.1 Å². The quantitative estimate of drug-likeness (QED) is 0.782. The minimum atomic E-state index is -0.0505. The third kappa shape index (κ3) is 3.35. The summed E-state index contributed by atoms with van der Waals surface area (Å²) in [5, 5.41) is 2.98. The molecule has 0 aliphatic carbocycles. The van der Waals surface area contributed by atoms with Gasteiger partial charge in [0.25, 0.3) is 5.91 Å². The Morgan fingerprint density at radius 2 is 1.74 bits per heavy atom. The van der Waals surface area contributed by atoms with Crippen molar-refractivity contribution in [2.24, 2.45) is 0 Å². The van der Waals surface area contributed by atoms with Crippen LogP contribution in [0.5, 0.6) is 0 Å². The van der Waals surface area contributed by atoms with Gasteiger partial charge in [-0.2, -0.15) is 0 Å². The summed E-state index contributed by atoms with van der Waals surface area (Å²) in [5.41, 5.74) is 4.76. The van der Waals surface area contributed by atoms with Gasteiger partial charge in [0.2, 0.25) is 0 Å². The molecule has 3 heteroatoms. The first-order chi connectivity index (χ1) is 8.97. The van der Waals surface area contributed by atoms with Crippen LogP contribution in [0.1, 0.15) is 27.0 Å². The van der Waals surface area contributed by atoms with Gasteiger partial charge in [0.15, 0.2) is 0 Å². The van der Waals surface area contributed by atoms with Crippen molar-refractivity contribution in [1.29, 1.82) is 0 Å². The Bertz CT molecular complexity index is 635. The molecule has 2 aromatic carbocycles. The number of hydrogen-bond acceptors (Lipinski definition) is 1. The molecule has 0 fully saturated rings. The lowest BCUT2D eigenvalue weighted by atomic mass is 10.0. The van der Waals surface area contributed by atoms with Gasteiger partial charge in [0.1, 0.15) is 0 Å². The molecule has 2 rings (SSSR count). The van der Waals surface area contributed by atoms with Crippen LogP contribution in [-0.2, 0) is 0 Å². The molecular weight excluding hydrogens is 349 g/mol. The molecule has 0 heterocycles. The molecule has 0 aliphatic rings. The fourth-order valence-electron chi connectivity index (χ4n) is 1.94. The molecule has 2 nitrogen and oxygen atoms in total. The predicted octanol–water partition coefficient (Wildman–Crippen LogP) is 4.47. The Labute approximate surface area is 127 Å². The predicted molar refractivity (Wildman–Crippen MR) is 87.8 cm³/mol. The van der Waals surface area contributed by atoms with Gasteiger partial charge in [-0.1, -0.05) is 17.7 Å². The fourth-order valence-corrected chi connectivity index (χ4v) is 2.58. The lowest BCUT2D eigenvalue weighted by molar-refractivity contribution is 0.102. The summed E-state index contributed by atoms with van der Waals surface area (Å²) in [4.78, 5) is 12.3. The monoisotopic (exact) mass is 365 g/mol. The van der Waals surface area contributed by atoms with E-state index in [4.69, 9.17) is 0 Å². The van der Waals surface area contributed by atoms with Crippen LogP contribution in [0.25, 0.3) is 0 Å². The van der Waals surface area contributed by atoms with Gasteiger partial charge < -0.3 is 5.32 Å². The molecule has 0 spiro atoms. The molecule has 0 unspecified atom stereocenters. The second kappa shape index (κ2) is 5.74. The summed E-state index contributed by atoms with van der Waals surface area (Å²) in [6, 6.07) is 11.9. The number of hydrogen-bond donors (Lipinski definition) is 1. The Balaban J connectivity index is 2.28. The topological polar surface area (TPSA) is 29.1 Å². The van der Waals surface area contributed by atoms with E-state index in [1.165, 1.54) is 3.57 Å². The number of amides is 1. The second-order valence-electron chi connectivity index (χ2n) is 4.73. The smallest absolute Gasteiger partial charge is 0.255 e. The van der Waals surface area contributed by atoms with Crippen molar-refractivity contribution in [1.82, 2.24) is 0 Å². The molecule has 0 saturated carbocycles. The molecule has 98 valence electrons. The van der Waals surface area contributed by atoms with Gasteiger partial charge in [-0.3, -0.25) is 4.79 Å². The van der Waals surface area contributed by atoms with Crippen LogP contribution in [0.3, 0.4) is 0 Å². The third-order valence-corrected chi connectivity index (χ3v) is 3.75. The number of carbonyl (C=O) groups excluding carboxylic acids is 1. The van der Waals surface area contributed by atoms with Crippen molar-refractivity contribution in [3.05, 3.63) is 62.2 Å². The third-order valence-electron chi connectivity index (χ3n) is 3.07. The fraction of sp³-hybridized carbons (Fsp3) is 0.188. The van der Waals surface area contributed by atoms with Crippen LogP contribution < -0.4 is 5.32 Å². The van der Waals surface area contributed by atoms with E-state index < -0.39 is 0 Å². The minimum Gasteiger partial charge on any atom is -0.322 e. The Morgan fingerprint density at radius 1 is 1.00 bits per heavy atom. The number of halogens is 1. The number of rotatable bonds is 2. The molecule has 0 saturated heterocycles. The van der Waals surface area contributed by atoms with Gasteiger partial charge in [-0.05, 0) is 78.8 Å². The van der Waals surface area contributed by atoms with Crippen molar-refractivity contribution in [3.63, 3.8) is 0 Å². The zero-order valence-electron chi connectivity index (χ0n) is 11.3.